The van der Waals surface area contributed by atoms with E-state index in [1.165, 1.54) is 25.8 Å². The highest BCUT2D eigenvalue weighted by Gasteiger charge is 2.32. The molecule has 3 saturated heterocycles. The van der Waals surface area contributed by atoms with E-state index >= 15 is 0 Å². The highest BCUT2D eigenvalue weighted by atomic mass is 32.2. The number of likely N-dealkylation sites (tertiary alicyclic amines) is 1. The molecule has 0 unspecified atom stereocenters. The highest BCUT2D eigenvalue weighted by molar-refractivity contribution is 7.89. The summed E-state index contributed by atoms with van der Waals surface area (Å²) in [4.78, 5) is 4.91. The minimum absolute atomic E-state index is 0.189. The molecular weight excluding hydrogens is 314 g/mol. The van der Waals surface area contributed by atoms with E-state index in [1.54, 1.807) is 4.31 Å². The van der Waals surface area contributed by atoms with Gasteiger partial charge >= 0.3 is 0 Å². The Balaban J connectivity index is 1.45. The van der Waals surface area contributed by atoms with Crippen LogP contribution in [0.25, 0.3) is 0 Å². The van der Waals surface area contributed by atoms with Gasteiger partial charge in [-0.05, 0) is 38.8 Å². The van der Waals surface area contributed by atoms with Crippen LogP contribution in [0, 0.1) is 5.92 Å². The summed E-state index contributed by atoms with van der Waals surface area (Å²) >= 11 is 0. The summed E-state index contributed by atoms with van der Waals surface area (Å²) in [5.41, 5.74) is 0. The number of hydrogen-bond acceptors (Lipinski definition) is 5. The lowest BCUT2D eigenvalue weighted by Crippen LogP contribution is -2.53. The lowest BCUT2D eigenvalue weighted by atomic mass is 10.0. The molecule has 23 heavy (non-hydrogen) atoms. The van der Waals surface area contributed by atoms with Crippen molar-refractivity contribution in [2.45, 2.75) is 31.7 Å². The first kappa shape index (κ1) is 17.6. The molecule has 3 rings (SSSR count). The van der Waals surface area contributed by atoms with Gasteiger partial charge in [-0.3, -0.25) is 4.90 Å². The molecule has 0 aromatic rings. The third-order valence-corrected chi connectivity index (χ3v) is 7.63. The fraction of sp³-hybridized carbons (Fsp3) is 1.00. The summed E-state index contributed by atoms with van der Waals surface area (Å²) in [5, 5.41) is 0. The topological polar surface area (TPSA) is 53.1 Å². The van der Waals surface area contributed by atoms with Crippen LogP contribution in [0.1, 0.15) is 25.7 Å². The zero-order valence-corrected chi connectivity index (χ0v) is 15.1. The van der Waals surface area contributed by atoms with E-state index in [2.05, 4.69) is 16.8 Å². The first-order valence-electron chi connectivity index (χ1n) is 9.03. The lowest BCUT2D eigenvalue weighted by molar-refractivity contribution is 0.106. The quantitative estimate of drug-likeness (QED) is 0.724. The summed E-state index contributed by atoms with van der Waals surface area (Å²) in [6.07, 6.45) is 4.79. The van der Waals surface area contributed by atoms with Crippen LogP contribution in [0.5, 0.6) is 0 Å². The van der Waals surface area contributed by atoms with Crippen LogP contribution in [-0.2, 0) is 14.8 Å². The van der Waals surface area contributed by atoms with Gasteiger partial charge in [-0.2, -0.15) is 4.31 Å². The molecule has 3 aliphatic rings. The van der Waals surface area contributed by atoms with Gasteiger partial charge < -0.3 is 9.64 Å². The zero-order chi connectivity index (χ0) is 16.3. The zero-order valence-electron chi connectivity index (χ0n) is 14.3. The van der Waals surface area contributed by atoms with Crippen LogP contribution in [0.3, 0.4) is 0 Å². The maximum Gasteiger partial charge on any atom is 0.214 e. The summed E-state index contributed by atoms with van der Waals surface area (Å²) in [6, 6.07) is 0.641. The van der Waals surface area contributed by atoms with Gasteiger partial charge in [0, 0.05) is 45.4 Å². The van der Waals surface area contributed by atoms with E-state index in [1.807, 2.05) is 0 Å². The molecule has 3 heterocycles. The molecule has 134 valence electrons. The normalized spacial score (nSPS) is 32.4. The number of ether oxygens (including phenoxy) is 1. The van der Waals surface area contributed by atoms with Gasteiger partial charge in [0.1, 0.15) is 0 Å². The van der Waals surface area contributed by atoms with Crippen LogP contribution in [0.4, 0.5) is 0 Å². The van der Waals surface area contributed by atoms with E-state index in [4.69, 9.17) is 4.74 Å². The number of piperidine rings is 1. The van der Waals surface area contributed by atoms with Crippen molar-refractivity contribution >= 4 is 10.0 Å². The number of nitrogens with zero attached hydrogens (tertiary/aromatic N) is 3. The molecular formula is C16H31N3O3S. The van der Waals surface area contributed by atoms with Crippen molar-refractivity contribution < 1.29 is 13.2 Å². The number of piperazine rings is 1. The number of rotatable bonds is 5. The van der Waals surface area contributed by atoms with Gasteiger partial charge in [-0.15, -0.1) is 0 Å². The van der Waals surface area contributed by atoms with Crippen molar-refractivity contribution in [3.8, 4) is 0 Å². The van der Waals surface area contributed by atoms with Crippen molar-refractivity contribution in [3.63, 3.8) is 0 Å². The Morgan fingerprint density at radius 3 is 2.48 bits per heavy atom. The van der Waals surface area contributed by atoms with Gasteiger partial charge in [-0.25, -0.2) is 8.42 Å². The molecule has 3 fully saturated rings. The molecule has 3 aliphatic heterocycles. The molecule has 0 aromatic carbocycles. The predicted molar refractivity (Wildman–Crippen MR) is 91.0 cm³/mol. The molecule has 0 N–H and O–H groups in total. The number of hydrogen-bond donors (Lipinski definition) is 0. The van der Waals surface area contributed by atoms with Crippen LogP contribution in [-0.4, -0.2) is 93.8 Å². The second-order valence-electron chi connectivity index (χ2n) is 7.34. The molecule has 7 heteroatoms. The van der Waals surface area contributed by atoms with E-state index in [0.717, 1.165) is 26.1 Å². The lowest BCUT2D eigenvalue weighted by Gasteiger charge is -2.40. The van der Waals surface area contributed by atoms with Crippen molar-refractivity contribution in [2.75, 3.05) is 65.3 Å². The van der Waals surface area contributed by atoms with Gasteiger partial charge in [0.25, 0.3) is 0 Å². The smallest absolute Gasteiger partial charge is 0.214 e. The van der Waals surface area contributed by atoms with Crippen LogP contribution >= 0.6 is 0 Å². The summed E-state index contributed by atoms with van der Waals surface area (Å²) in [5.74, 6) is 0.451. The van der Waals surface area contributed by atoms with Crippen LogP contribution in [0.2, 0.25) is 0 Å². The Labute approximate surface area is 140 Å². The Morgan fingerprint density at radius 1 is 1.04 bits per heavy atom. The average molecular weight is 346 g/mol. The maximum atomic E-state index is 12.5. The molecule has 0 spiro atoms. The van der Waals surface area contributed by atoms with E-state index in [0.29, 0.717) is 32.3 Å². The SMILES string of the molecule is CN1CCCC[C@H]1CN1CCN(S(=O)(=O)C[C@H]2CCOC2)CC1. The molecule has 0 saturated carbocycles. The number of sulfonamides is 1. The highest BCUT2D eigenvalue weighted by Crippen LogP contribution is 2.20. The molecule has 6 nitrogen and oxygen atoms in total. The monoisotopic (exact) mass is 345 g/mol. The first-order valence-corrected chi connectivity index (χ1v) is 10.6. The molecule has 2 atom stereocenters. The summed E-state index contributed by atoms with van der Waals surface area (Å²) < 4.78 is 32.1. The summed E-state index contributed by atoms with van der Waals surface area (Å²) in [7, 11) is -0.901. The maximum absolute atomic E-state index is 12.5. The second kappa shape index (κ2) is 7.78. The minimum atomic E-state index is -3.12. The van der Waals surface area contributed by atoms with Gasteiger partial charge in [0.2, 0.25) is 10.0 Å². The first-order chi connectivity index (χ1) is 11.0. The largest absolute Gasteiger partial charge is 0.381 e. The standard InChI is InChI=1S/C16H31N3O3S/c1-17-6-3-2-4-16(17)12-18-7-9-19(10-8-18)23(20,21)14-15-5-11-22-13-15/h15-16H,2-14H2,1H3/t15-,16-/m0/s1. The second-order valence-corrected chi connectivity index (χ2v) is 9.35. The molecule has 0 amide bonds. The van der Waals surface area contributed by atoms with E-state index in [-0.39, 0.29) is 11.7 Å². The Bertz CT molecular complexity index is 471. The van der Waals surface area contributed by atoms with Crippen LogP contribution in [0.15, 0.2) is 0 Å². The Hall–Kier alpha value is -0.210. The Morgan fingerprint density at radius 2 is 1.83 bits per heavy atom. The average Bonchev–Trinajstić information content (AvgIpc) is 3.02. The van der Waals surface area contributed by atoms with E-state index < -0.39 is 10.0 Å². The van der Waals surface area contributed by atoms with E-state index in [9.17, 15) is 8.42 Å². The van der Waals surface area contributed by atoms with Crippen molar-refractivity contribution in [1.82, 2.24) is 14.1 Å². The van der Waals surface area contributed by atoms with Crippen LogP contribution < -0.4 is 0 Å². The van der Waals surface area contributed by atoms with Gasteiger partial charge in [0.15, 0.2) is 0 Å². The Kier molecular flexibility index (Phi) is 5.96. The fourth-order valence-corrected chi connectivity index (χ4v) is 5.77. The fourth-order valence-electron chi connectivity index (χ4n) is 3.98. The molecule has 0 bridgehead atoms. The molecule has 0 radical (unpaired) electrons. The molecule has 0 aromatic heterocycles. The van der Waals surface area contributed by atoms with Crippen molar-refractivity contribution in [3.05, 3.63) is 0 Å². The third kappa shape index (κ3) is 4.66. The third-order valence-electron chi connectivity index (χ3n) is 5.59. The number of likely N-dealkylation sites (N-methyl/N-ethyl adjacent to an activating group) is 1. The van der Waals surface area contributed by atoms with Crippen molar-refractivity contribution in [1.29, 1.82) is 0 Å². The predicted octanol–water partition coefficient (Wildman–Crippen LogP) is 0.455. The van der Waals surface area contributed by atoms with Crippen molar-refractivity contribution in [2.24, 2.45) is 5.92 Å². The minimum Gasteiger partial charge on any atom is -0.381 e. The van der Waals surface area contributed by atoms with Gasteiger partial charge in [0.05, 0.1) is 12.4 Å². The van der Waals surface area contributed by atoms with Gasteiger partial charge in [-0.1, -0.05) is 6.42 Å². The summed E-state index contributed by atoms with van der Waals surface area (Å²) in [6.45, 7) is 6.62. The molecule has 0 aliphatic carbocycles.